The second-order valence-electron chi connectivity index (χ2n) is 7.31. The SMILES string of the molecule is O=C(CCC1CCN(Cc2ccccc2)CC1)c1cc2cnccc2[nH]1. The van der Waals surface area contributed by atoms with Crippen LogP contribution < -0.4 is 0 Å². The first-order chi connectivity index (χ1) is 12.8. The standard InChI is InChI=1S/C22H25N3O/c26-22(21-14-19-15-23-11-8-20(19)24-21)7-6-17-9-12-25(13-10-17)16-18-4-2-1-3-5-18/h1-5,8,11,14-15,17,24H,6-7,9-10,12-13,16H2. The van der Waals surface area contributed by atoms with Crippen molar-refractivity contribution in [2.45, 2.75) is 32.2 Å². The number of piperidine rings is 1. The average Bonchev–Trinajstić information content (AvgIpc) is 3.12. The molecule has 1 aliphatic rings. The van der Waals surface area contributed by atoms with E-state index in [0.29, 0.717) is 12.3 Å². The first kappa shape index (κ1) is 17.0. The van der Waals surface area contributed by atoms with E-state index in [1.807, 2.05) is 12.1 Å². The van der Waals surface area contributed by atoms with Gasteiger partial charge in [0.15, 0.2) is 5.78 Å². The van der Waals surface area contributed by atoms with Gasteiger partial charge in [0.1, 0.15) is 0 Å². The summed E-state index contributed by atoms with van der Waals surface area (Å²) in [6.07, 6.45) is 7.55. The van der Waals surface area contributed by atoms with E-state index >= 15 is 0 Å². The Labute approximate surface area is 154 Å². The van der Waals surface area contributed by atoms with Crippen LogP contribution in [-0.4, -0.2) is 33.7 Å². The molecule has 3 aromatic rings. The quantitative estimate of drug-likeness (QED) is 0.671. The van der Waals surface area contributed by atoms with Crippen LogP contribution in [0.25, 0.3) is 10.9 Å². The number of nitrogens with one attached hydrogen (secondary N) is 1. The Morgan fingerprint density at radius 2 is 1.96 bits per heavy atom. The molecule has 0 radical (unpaired) electrons. The molecule has 0 unspecified atom stereocenters. The largest absolute Gasteiger partial charge is 0.352 e. The average molecular weight is 347 g/mol. The van der Waals surface area contributed by atoms with Gasteiger partial charge in [0.2, 0.25) is 0 Å². The predicted molar refractivity (Wildman–Crippen MR) is 104 cm³/mol. The highest BCUT2D eigenvalue weighted by atomic mass is 16.1. The minimum Gasteiger partial charge on any atom is -0.352 e. The number of hydrogen-bond donors (Lipinski definition) is 1. The molecule has 1 N–H and O–H groups in total. The lowest BCUT2D eigenvalue weighted by Gasteiger charge is -2.31. The van der Waals surface area contributed by atoms with Crippen molar-refractivity contribution in [3.8, 4) is 0 Å². The first-order valence-corrected chi connectivity index (χ1v) is 9.50. The number of aromatic nitrogens is 2. The number of fused-ring (bicyclic) bond motifs is 1. The van der Waals surface area contributed by atoms with Gasteiger partial charge in [-0.05, 0) is 56.0 Å². The second kappa shape index (κ2) is 7.83. The maximum absolute atomic E-state index is 12.5. The third-order valence-electron chi connectivity index (χ3n) is 5.46. The zero-order chi connectivity index (χ0) is 17.8. The van der Waals surface area contributed by atoms with Gasteiger partial charge in [-0.2, -0.15) is 0 Å². The maximum atomic E-state index is 12.5. The van der Waals surface area contributed by atoms with Gasteiger partial charge in [0, 0.05) is 36.3 Å². The number of H-pyrrole nitrogens is 1. The van der Waals surface area contributed by atoms with Crippen LogP contribution >= 0.6 is 0 Å². The van der Waals surface area contributed by atoms with Crippen LogP contribution in [0.3, 0.4) is 0 Å². The van der Waals surface area contributed by atoms with Crippen molar-refractivity contribution in [2.24, 2.45) is 5.92 Å². The normalized spacial score (nSPS) is 16.2. The maximum Gasteiger partial charge on any atom is 0.179 e. The number of ketones is 1. The number of carbonyl (C=O) groups excluding carboxylic acids is 1. The number of Topliss-reactive ketones (excluding diaryl/α,β-unsaturated/α-hetero) is 1. The van der Waals surface area contributed by atoms with E-state index in [1.54, 1.807) is 12.4 Å². The van der Waals surface area contributed by atoms with Gasteiger partial charge in [-0.15, -0.1) is 0 Å². The molecule has 1 aromatic carbocycles. The van der Waals surface area contributed by atoms with Crippen molar-refractivity contribution < 1.29 is 4.79 Å². The smallest absolute Gasteiger partial charge is 0.179 e. The minimum atomic E-state index is 0.216. The third kappa shape index (κ3) is 4.02. The molecule has 1 fully saturated rings. The van der Waals surface area contributed by atoms with Gasteiger partial charge in [-0.25, -0.2) is 0 Å². The fourth-order valence-electron chi connectivity index (χ4n) is 3.87. The van der Waals surface area contributed by atoms with Gasteiger partial charge in [-0.3, -0.25) is 14.7 Å². The van der Waals surface area contributed by atoms with Crippen LogP contribution in [0.1, 0.15) is 41.7 Å². The summed E-state index contributed by atoms with van der Waals surface area (Å²) in [5.74, 6) is 0.880. The van der Waals surface area contributed by atoms with Crippen LogP contribution in [-0.2, 0) is 6.54 Å². The van der Waals surface area contributed by atoms with Crippen LogP contribution in [0.5, 0.6) is 0 Å². The fourth-order valence-corrected chi connectivity index (χ4v) is 3.87. The van der Waals surface area contributed by atoms with Gasteiger partial charge in [0.25, 0.3) is 0 Å². The van der Waals surface area contributed by atoms with Crippen molar-refractivity contribution in [1.82, 2.24) is 14.9 Å². The monoisotopic (exact) mass is 347 g/mol. The molecule has 26 heavy (non-hydrogen) atoms. The Morgan fingerprint density at radius 3 is 2.73 bits per heavy atom. The third-order valence-corrected chi connectivity index (χ3v) is 5.46. The molecular formula is C22H25N3O. The predicted octanol–water partition coefficient (Wildman–Crippen LogP) is 4.44. The van der Waals surface area contributed by atoms with E-state index in [4.69, 9.17) is 0 Å². The minimum absolute atomic E-state index is 0.216. The number of rotatable bonds is 6. The van der Waals surface area contributed by atoms with E-state index < -0.39 is 0 Å². The number of likely N-dealkylation sites (tertiary alicyclic amines) is 1. The number of pyridine rings is 1. The van der Waals surface area contributed by atoms with E-state index in [2.05, 4.69) is 45.2 Å². The highest BCUT2D eigenvalue weighted by Gasteiger charge is 2.20. The van der Waals surface area contributed by atoms with Crippen molar-refractivity contribution in [3.63, 3.8) is 0 Å². The molecule has 1 saturated heterocycles. The Kier molecular flexibility index (Phi) is 5.12. The molecule has 1 aliphatic heterocycles. The lowest BCUT2D eigenvalue weighted by molar-refractivity contribution is 0.0957. The summed E-state index contributed by atoms with van der Waals surface area (Å²) in [5, 5.41) is 1.00. The number of carbonyl (C=O) groups is 1. The highest BCUT2D eigenvalue weighted by Crippen LogP contribution is 2.24. The van der Waals surface area contributed by atoms with Crippen LogP contribution in [0.2, 0.25) is 0 Å². The number of benzene rings is 1. The molecule has 4 nitrogen and oxygen atoms in total. The van der Waals surface area contributed by atoms with E-state index in [-0.39, 0.29) is 5.78 Å². The van der Waals surface area contributed by atoms with Crippen molar-refractivity contribution in [3.05, 3.63) is 66.1 Å². The lowest BCUT2D eigenvalue weighted by atomic mass is 9.91. The zero-order valence-corrected chi connectivity index (χ0v) is 15.0. The van der Waals surface area contributed by atoms with Crippen molar-refractivity contribution >= 4 is 16.7 Å². The van der Waals surface area contributed by atoms with Crippen LogP contribution in [0.4, 0.5) is 0 Å². The topological polar surface area (TPSA) is 49.0 Å². The molecule has 4 rings (SSSR count). The molecule has 0 atom stereocenters. The molecule has 0 saturated carbocycles. The van der Waals surface area contributed by atoms with E-state index in [9.17, 15) is 4.79 Å². The highest BCUT2D eigenvalue weighted by molar-refractivity contribution is 5.99. The first-order valence-electron chi connectivity index (χ1n) is 9.50. The summed E-state index contributed by atoms with van der Waals surface area (Å²) in [5.41, 5.74) is 3.08. The Hall–Kier alpha value is -2.46. The van der Waals surface area contributed by atoms with Crippen LogP contribution in [0.15, 0.2) is 54.9 Å². The molecule has 0 bridgehead atoms. The fraction of sp³-hybridized carbons (Fsp3) is 0.364. The number of hydrogen-bond acceptors (Lipinski definition) is 3. The van der Waals surface area contributed by atoms with Gasteiger partial charge in [-0.1, -0.05) is 30.3 Å². The Morgan fingerprint density at radius 1 is 1.15 bits per heavy atom. The number of nitrogens with zero attached hydrogens (tertiary/aromatic N) is 2. The Bertz CT molecular complexity index is 830. The molecule has 3 heterocycles. The zero-order valence-electron chi connectivity index (χ0n) is 15.0. The molecule has 0 amide bonds. The summed E-state index contributed by atoms with van der Waals surface area (Å²) in [6, 6.07) is 14.5. The summed E-state index contributed by atoms with van der Waals surface area (Å²) in [4.78, 5) is 22.4. The summed E-state index contributed by atoms with van der Waals surface area (Å²) in [6.45, 7) is 3.30. The summed E-state index contributed by atoms with van der Waals surface area (Å²) >= 11 is 0. The molecule has 2 aromatic heterocycles. The number of aromatic amines is 1. The van der Waals surface area contributed by atoms with Crippen molar-refractivity contribution in [1.29, 1.82) is 0 Å². The van der Waals surface area contributed by atoms with Crippen LogP contribution in [0, 0.1) is 5.92 Å². The molecule has 4 heteroatoms. The summed E-state index contributed by atoms with van der Waals surface area (Å²) in [7, 11) is 0. The van der Waals surface area contributed by atoms with E-state index in [0.717, 1.165) is 42.7 Å². The van der Waals surface area contributed by atoms with Crippen molar-refractivity contribution in [2.75, 3.05) is 13.1 Å². The lowest BCUT2D eigenvalue weighted by Crippen LogP contribution is -2.33. The van der Waals surface area contributed by atoms with Gasteiger partial charge in [0.05, 0.1) is 5.69 Å². The second-order valence-corrected chi connectivity index (χ2v) is 7.31. The molecule has 0 aliphatic carbocycles. The molecule has 134 valence electrons. The summed E-state index contributed by atoms with van der Waals surface area (Å²) < 4.78 is 0. The van der Waals surface area contributed by atoms with Gasteiger partial charge < -0.3 is 4.98 Å². The molecular weight excluding hydrogens is 322 g/mol. The Balaban J connectivity index is 1.25. The van der Waals surface area contributed by atoms with Gasteiger partial charge >= 0.3 is 0 Å². The molecule has 0 spiro atoms. The van der Waals surface area contributed by atoms with E-state index in [1.165, 1.54) is 18.4 Å².